The summed E-state index contributed by atoms with van der Waals surface area (Å²) in [5, 5.41) is 17.2. The molecule has 1 atom stereocenters. The van der Waals surface area contributed by atoms with Crippen molar-refractivity contribution in [1.82, 2.24) is 19.7 Å². The van der Waals surface area contributed by atoms with E-state index in [1.807, 2.05) is 41.2 Å². The van der Waals surface area contributed by atoms with E-state index >= 15 is 0 Å². The highest BCUT2D eigenvalue weighted by Gasteiger charge is 2.25. The van der Waals surface area contributed by atoms with Gasteiger partial charge in [0.1, 0.15) is 18.0 Å². The average molecular weight is 350 g/mol. The van der Waals surface area contributed by atoms with E-state index in [-0.39, 0.29) is 12.6 Å². The summed E-state index contributed by atoms with van der Waals surface area (Å²) < 4.78 is 1.86. The molecule has 3 aromatic rings. The highest BCUT2D eigenvalue weighted by Crippen LogP contribution is 2.25. The van der Waals surface area contributed by atoms with Gasteiger partial charge in [0, 0.05) is 31.5 Å². The second kappa shape index (κ2) is 7.53. The molecule has 134 valence electrons. The molecule has 1 aliphatic heterocycles. The Labute approximate surface area is 152 Å². The van der Waals surface area contributed by atoms with Crippen molar-refractivity contribution in [2.45, 2.75) is 25.4 Å². The maximum Gasteiger partial charge on any atom is 0.134 e. The van der Waals surface area contributed by atoms with Crippen molar-refractivity contribution in [2.75, 3.05) is 23.4 Å². The second-order valence-corrected chi connectivity index (χ2v) is 6.37. The lowest BCUT2D eigenvalue weighted by Gasteiger charge is -2.24. The number of hydrogen-bond donors (Lipinski definition) is 2. The summed E-state index contributed by atoms with van der Waals surface area (Å²) in [5.74, 6) is 1.63. The maximum atomic E-state index is 9.53. The van der Waals surface area contributed by atoms with Crippen LogP contribution in [0.1, 0.15) is 18.4 Å². The van der Waals surface area contributed by atoms with Gasteiger partial charge in [-0.3, -0.25) is 0 Å². The minimum absolute atomic E-state index is 0.151. The van der Waals surface area contributed by atoms with Gasteiger partial charge in [0.15, 0.2) is 0 Å². The molecule has 1 aliphatic rings. The molecule has 7 heteroatoms. The molecule has 26 heavy (non-hydrogen) atoms. The first-order chi connectivity index (χ1) is 12.8. The Morgan fingerprint density at radius 3 is 2.96 bits per heavy atom. The van der Waals surface area contributed by atoms with Gasteiger partial charge in [-0.15, -0.1) is 0 Å². The molecule has 0 saturated carbocycles. The van der Waals surface area contributed by atoms with Crippen molar-refractivity contribution in [3.63, 3.8) is 0 Å². The molecule has 3 heterocycles. The van der Waals surface area contributed by atoms with Crippen molar-refractivity contribution in [2.24, 2.45) is 0 Å². The van der Waals surface area contributed by atoms with Crippen LogP contribution in [0.2, 0.25) is 0 Å². The summed E-state index contributed by atoms with van der Waals surface area (Å²) in [5.41, 5.74) is 2.17. The number of benzene rings is 1. The zero-order valence-electron chi connectivity index (χ0n) is 14.5. The van der Waals surface area contributed by atoms with Crippen molar-refractivity contribution < 1.29 is 5.11 Å². The molecule has 7 nitrogen and oxygen atoms in total. The van der Waals surface area contributed by atoms with E-state index in [1.165, 1.54) is 0 Å². The molecule has 2 N–H and O–H groups in total. The first-order valence-electron chi connectivity index (χ1n) is 8.86. The number of aliphatic hydroxyl groups excluding tert-OH is 1. The minimum Gasteiger partial charge on any atom is -0.394 e. The molecule has 1 saturated heterocycles. The number of hydrogen-bond acceptors (Lipinski definition) is 6. The Bertz CT molecular complexity index is 851. The minimum atomic E-state index is 0.151. The largest absolute Gasteiger partial charge is 0.394 e. The predicted molar refractivity (Wildman–Crippen MR) is 100 cm³/mol. The van der Waals surface area contributed by atoms with Gasteiger partial charge in [0.05, 0.1) is 18.3 Å². The summed E-state index contributed by atoms with van der Waals surface area (Å²) in [4.78, 5) is 10.9. The zero-order valence-corrected chi connectivity index (χ0v) is 14.5. The van der Waals surface area contributed by atoms with E-state index in [9.17, 15) is 5.11 Å². The van der Waals surface area contributed by atoms with E-state index in [2.05, 4.69) is 31.3 Å². The Hall–Kier alpha value is -2.93. The van der Waals surface area contributed by atoms with E-state index in [0.29, 0.717) is 6.54 Å². The number of para-hydroxylation sites is 1. The van der Waals surface area contributed by atoms with Gasteiger partial charge in [0.2, 0.25) is 0 Å². The third kappa shape index (κ3) is 3.39. The van der Waals surface area contributed by atoms with Gasteiger partial charge in [-0.25, -0.2) is 14.6 Å². The number of nitrogens with one attached hydrogen (secondary N) is 1. The number of rotatable bonds is 6. The first-order valence-corrected chi connectivity index (χ1v) is 8.86. The van der Waals surface area contributed by atoms with Gasteiger partial charge in [0.25, 0.3) is 0 Å². The third-order valence-corrected chi connectivity index (χ3v) is 4.74. The number of aliphatic hydroxyl groups is 1. The summed E-state index contributed by atoms with van der Waals surface area (Å²) in [6.07, 6.45) is 7.36. The van der Waals surface area contributed by atoms with E-state index in [0.717, 1.165) is 42.3 Å². The van der Waals surface area contributed by atoms with Crippen LogP contribution >= 0.6 is 0 Å². The van der Waals surface area contributed by atoms with Crippen LogP contribution in [-0.4, -0.2) is 44.0 Å². The predicted octanol–water partition coefficient (Wildman–Crippen LogP) is 2.24. The van der Waals surface area contributed by atoms with Gasteiger partial charge in [-0.1, -0.05) is 18.2 Å². The zero-order chi connectivity index (χ0) is 17.8. The van der Waals surface area contributed by atoms with Crippen LogP contribution in [0, 0.1) is 0 Å². The molecule has 1 fully saturated rings. The summed E-state index contributed by atoms with van der Waals surface area (Å²) in [7, 11) is 0. The maximum absolute atomic E-state index is 9.53. The fourth-order valence-corrected chi connectivity index (χ4v) is 3.41. The van der Waals surface area contributed by atoms with Gasteiger partial charge in [-0.05, 0) is 30.5 Å². The lowest BCUT2D eigenvalue weighted by atomic mass is 10.2. The Morgan fingerprint density at radius 1 is 1.19 bits per heavy atom. The highest BCUT2D eigenvalue weighted by molar-refractivity contribution is 5.51. The average Bonchev–Trinajstić information content (AvgIpc) is 3.38. The Balaban J connectivity index is 1.50. The monoisotopic (exact) mass is 350 g/mol. The summed E-state index contributed by atoms with van der Waals surface area (Å²) in [6.45, 7) is 1.71. The van der Waals surface area contributed by atoms with Crippen molar-refractivity contribution >= 4 is 11.6 Å². The molecule has 1 unspecified atom stereocenters. The Kier molecular flexibility index (Phi) is 4.79. The molecule has 2 aromatic heterocycles. The first kappa shape index (κ1) is 16.5. The molecule has 0 spiro atoms. The normalized spacial score (nSPS) is 16.8. The molecule has 4 rings (SSSR count). The topological polar surface area (TPSA) is 79.1 Å². The van der Waals surface area contributed by atoms with Crippen LogP contribution in [0.4, 0.5) is 11.6 Å². The van der Waals surface area contributed by atoms with Crippen molar-refractivity contribution in [3.8, 4) is 5.69 Å². The fraction of sp³-hybridized carbons (Fsp3) is 0.316. The lowest BCUT2D eigenvalue weighted by molar-refractivity contribution is 0.266. The fourth-order valence-electron chi connectivity index (χ4n) is 3.41. The third-order valence-electron chi connectivity index (χ3n) is 4.74. The number of aromatic nitrogens is 4. The summed E-state index contributed by atoms with van der Waals surface area (Å²) >= 11 is 0. The molecule has 1 aromatic carbocycles. The molecule has 0 amide bonds. The standard InChI is InChI=1S/C19H22N6O/c26-13-16-6-3-9-24(16)19-11-18(21-14-22-19)20-12-15-5-1-2-7-17(15)25-10-4-8-23-25/h1-2,4-5,7-8,10-11,14,16,26H,3,6,9,12-13H2,(H,20,21,22). The van der Waals surface area contributed by atoms with E-state index < -0.39 is 0 Å². The number of anilines is 2. The molecule has 0 aliphatic carbocycles. The van der Waals surface area contributed by atoms with Gasteiger partial charge in [-0.2, -0.15) is 5.10 Å². The van der Waals surface area contributed by atoms with Crippen LogP contribution in [0.15, 0.2) is 55.1 Å². The number of nitrogens with zero attached hydrogens (tertiary/aromatic N) is 5. The van der Waals surface area contributed by atoms with E-state index in [1.54, 1.807) is 12.5 Å². The van der Waals surface area contributed by atoms with Crippen molar-refractivity contribution in [3.05, 3.63) is 60.7 Å². The molecular weight excluding hydrogens is 328 g/mol. The Morgan fingerprint density at radius 2 is 2.12 bits per heavy atom. The van der Waals surface area contributed by atoms with Crippen LogP contribution in [0.3, 0.4) is 0 Å². The SMILES string of the molecule is OCC1CCCN1c1cc(NCc2ccccc2-n2cccn2)ncn1. The van der Waals surface area contributed by atoms with Gasteiger partial charge < -0.3 is 15.3 Å². The van der Waals surface area contributed by atoms with Gasteiger partial charge >= 0.3 is 0 Å². The van der Waals surface area contributed by atoms with Crippen LogP contribution < -0.4 is 10.2 Å². The van der Waals surface area contributed by atoms with E-state index in [4.69, 9.17) is 0 Å². The van der Waals surface area contributed by atoms with Crippen LogP contribution in [-0.2, 0) is 6.54 Å². The molecular formula is C19H22N6O. The second-order valence-electron chi connectivity index (χ2n) is 6.37. The van der Waals surface area contributed by atoms with Crippen molar-refractivity contribution in [1.29, 1.82) is 0 Å². The molecule has 0 bridgehead atoms. The molecule has 0 radical (unpaired) electrons. The highest BCUT2D eigenvalue weighted by atomic mass is 16.3. The quantitative estimate of drug-likeness (QED) is 0.710. The van der Waals surface area contributed by atoms with Crippen LogP contribution in [0.25, 0.3) is 5.69 Å². The lowest BCUT2D eigenvalue weighted by Crippen LogP contribution is -2.32. The summed E-state index contributed by atoms with van der Waals surface area (Å²) in [6, 6.07) is 12.2. The van der Waals surface area contributed by atoms with Crippen LogP contribution in [0.5, 0.6) is 0 Å². The smallest absolute Gasteiger partial charge is 0.134 e.